The Morgan fingerprint density at radius 2 is 1.93 bits per heavy atom. The molecule has 0 saturated carbocycles. The van der Waals surface area contributed by atoms with Crippen molar-refractivity contribution in [1.82, 2.24) is 20.0 Å². The van der Waals surface area contributed by atoms with Gasteiger partial charge < -0.3 is 15.0 Å². The van der Waals surface area contributed by atoms with E-state index >= 15 is 0 Å². The predicted molar refractivity (Wildman–Crippen MR) is 116 cm³/mol. The van der Waals surface area contributed by atoms with Crippen LogP contribution in [0.2, 0.25) is 0 Å². The van der Waals surface area contributed by atoms with Crippen LogP contribution in [0.15, 0.2) is 36.5 Å². The number of benzene rings is 1. The molecular weight excluding hydrogens is 388 g/mol. The zero-order valence-corrected chi connectivity index (χ0v) is 18.1. The molecule has 29 heavy (non-hydrogen) atoms. The number of hydrogen-bond donors (Lipinski definition) is 1. The Hall–Kier alpha value is -2.05. The van der Waals surface area contributed by atoms with Crippen LogP contribution >= 0.6 is 12.4 Å². The van der Waals surface area contributed by atoms with Gasteiger partial charge in [0.15, 0.2) is 11.4 Å². The lowest BCUT2D eigenvalue weighted by Crippen LogP contribution is -2.44. The molecule has 2 saturated heterocycles. The van der Waals surface area contributed by atoms with Crippen molar-refractivity contribution in [3.05, 3.63) is 42.2 Å². The Labute approximate surface area is 179 Å². The van der Waals surface area contributed by atoms with E-state index in [0.717, 1.165) is 44.7 Å². The van der Waals surface area contributed by atoms with Crippen LogP contribution in [0.5, 0.6) is 5.75 Å². The summed E-state index contributed by atoms with van der Waals surface area (Å²) in [6.07, 6.45) is 5.18. The summed E-state index contributed by atoms with van der Waals surface area (Å²) in [5.41, 5.74) is 1.73. The third-order valence-corrected chi connectivity index (χ3v) is 5.92. The predicted octanol–water partition coefficient (Wildman–Crippen LogP) is 3.54. The highest BCUT2D eigenvalue weighted by molar-refractivity contribution is 5.95. The highest BCUT2D eigenvalue weighted by Gasteiger charge is 2.39. The maximum atomic E-state index is 13.3. The Bertz CT molecular complexity index is 805. The number of likely N-dealkylation sites (tertiary alicyclic amines) is 1. The first-order valence-electron chi connectivity index (χ1n) is 10.3. The molecule has 7 heteroatoms. The molecule has 0 unspecified atom stereocenters. The van der Waals surface area contributed by atoms with Crippen molar-refractivity contribution < 1.29 is 9.53 Å². The lowest BCUT2D eigenvalue weighted by molar-refractivity contribution is 0.0597. The number of carbonyl (C=O) groups excluding carboxylic acids is 1. The summed E-state index contributed by atoms with van der Waals surface area (Å²) in [6, 6.07) is 9.85. The van der Waals surface area contributed by atoms with Crippen LogP contribution in [0, 0.1) is 11.3 Å². The molecule has 0 bridgehead atoms. The minimum absolute atomic E-state index is 0. The maximum Gasteiger partial charge on any atom is 0.278 e. The summed E-state index contributed by atoms with van der Waals surface area (Å²) in [5, 5.41) is 8.09. The van der Waals surface area contributed by atoms with Crippen molar-refractivity contribution in [2.45, 2.75) is 33.1 Å². The van der Waals surface area contributed by atoms with Crippen molar-refractivity contribution in [1.29, 1.82) is 0 Å². The third kappa shape index (κ3) is 4.75. The normalized spacial score (nSPS) is 18.1. The van der Waals surface area contributed by atoms with Crippen LogP contribution in [0.25, 0.3) is 5.69 Å². The van der Waals surface area contributed by atoms with Crippen LogP contribution in [-0.4, -0.2) is 53.4 Å². The Balaban J connectivity index is 0.00000240. The van der Waals surface area contributed by atoms with Crippen molar-refractivity contribution >= 4 is 18.3 Å². The van der Waals surface area contributed by atoms with E-state index in [9.17, 15) is 4.79 Å². The molecule has 2 aliphatic heterocycles. The first-order valence-corrected chi connectivity index (χ1v) is 10.3. The topological polar surface area (TPSA) is 59.4 Å². The van der Waals surface area contributed by atoms with Crippen molar-refractivity contribution in [2.75, 3.05) is 32.8 Å². The molecule has 0 radical (unpaired) electrons. The molecule has 6 nitrogen and oxygen atoms in total. The minimum atomic E-state index is -0.0192. The SMILES string of the molecule is CC(C)COc1cn(-c2ccccc2)nc1C(=O)N1CCC2(CCNC2)CC1.Cl. The van der Waals surface area contributed by atoms with Gasteiger partial charge in [0, 0.05) is 19.6 Å². The number of nitrogens with one attached hydrogen (secondary N) is 1. The fraction of sp³-hybridized carbons (Fsp3) is 0.545. The molecule has 3 heterocycles. The molecule has 1 N–H and O–H groups in total. The van der Waals surface area contributed by atoms with Gasteiger partial charge in [-0.25, -0.2) is 4.68 Å². The number of aromatic nitrogens is 2. The molecule has 1 aromatic carbocycles. The Morgan fingerprint density at radius 3 is 2.55 bits per heavy atom. The molecule has 0 aliphatic carbocycles. The molecule has 2 fully saturated rings. The van der Waals surface area contributed by atoms with Crippen LogP contribution in [0.4, 0.5) is 0 Å². The number of halogens is 1. The van der Waals surface area contributed by atoms with Crippen molar-refractivity contribution in [3.8, 4) is 11.4 Å². The van der Waals surface area contributed by atoms with Gasteiger partial charge in [-0.3, -0.25) is 4.79 Å². The summed E-state index contributed by atoms with van der Waals surface area (Å²) in [5.74, 6) is 0.937. The number of hydrogen-bond acceptors (Lipinski definition) is 4. The molecule has 2 aromatic rings. The van der Waals surface area contributed by atoms with Crippen LogP contribution in [0.1, 0.15) is 43.6 Å². The first kappa shape index (κ1) is 21.7. The maximum absolute atomic E-state index is 13.3. The highest BCUT2D eigenvalue weighted by atomic mass is 35.5. The zero-order chi connectivity index (χ0) is 19.6. The quantitative estimate of drug-likeness (QED) is 0.806. The largest absolute Gasteiger partial charge is 0.489 e. The third-order valence-electron chi connectivity index (χ3n) is 5.92. The van der Waals surface area contributed by atoms with E-state index in [1.165, 1.54) is 6.42 Å². The van der Waals surface area contributed by atoms with Gasteiger partial charge in [-0.1, -0.05) is 32.0 Å². The van der Waals surface area contributed by atoms with Gasteiger partial charge in [-0.15, -0.1) is 12.4 Å². The number of rotatable bonds is 5. The summed E-state index contributed by atoms with van der Waals surface area (Å²) >= 11 is 0. The summed E-state index contributed by atoms with van der Waals surface area (Å²) in [7, 11) is 0. The lowest BCUT2D eigenvalue weighted by atomic mass is 9.78. The van der Waals surface area contributed by atoms with E-state index in [4.69, 9.17) is 4.74 Å². The Morgan fingerprint density at radius 1 is 1.21 bits per heavy atom. The zero-order valence-electron chi connectivity index (χ0n) is 17.3. The summed E-state index contributed by atoms with van der Waals surface area (Å²) < 4.78 is 7.71. The van der Waals surface area contributed by atoms with E-state index in [2.05, 4.69) is 24.3 Å². The molecule has 2 aliphatic rings. The molecular formula is C22H31ClN4O2. The number of piperidine rings is 1. The van der Waals surface area contributed by atoms with Crippen molar-refractivity contribution in [3.63, 3.8) is 0 Å². The van der Waals surface area contributed by atoms with E-state index in [1.807, 2.05) is 41.4 Å². The number of amides is 1. The van der Waals surface area contributed by atoms with Gasteiger partial charge in [0.2, 0.25) is 0 Å². The molecule has 158 valence electrons. The van der Waals surface area contributed by atoms with Gasteiger partial charge in [-0.2, -0.15) is 5.10 Å². The first-order chi connectivity index (χ1) is 13.6. The molecule has 0 atom stereocenters. The van der Waals surface area contributed by atoms with Crippen LogP contribution < -0.4 is 10.1 Å². The van der Waals surface area contributed by atoms with Gasteiger partial charge in [0.05, 0.1) is 18.5 Å². The van der Waals surface area contributed by atoms with Crippen molar-refractivity contribution in [2.24, 2.45) is 11.3 Å². The Kier molecular flexibility index (Phi) is 6.85. The van der Waals surface area contributed by atoms with E-state index in [1.54, 1.807) is 4.68 Å². The number of para-hydroxylation sites is 1. The number of carbonyl (C=O) groups is 1. The summed E-state index contributed by atoms with van der Waals surface area (Å²) in [6.45, 7) is 8.54. The van der Waals surface area contributed by atoms with Gasteiger partial charge in [-0.05, 0) is 49.3 Å². The lowest BCUT2D eigenvalue weighted by Gasteiger charge is -2.38. The van der Waals surface area contributed by atoms with E-state index < -0.39 is 0 Å². The van der Waals surface area contributed by atoms with E-state index in [0.29, 0.717) is 29.4 Å². The average molecular weight is 419 g/mol. The smallest absolute Gasteiger partial charge is 0.278 e. The molecule has 4 rings (SSSR count). The van der Waals surface area contributed by atoms with Gasteiger partial charge >= 0.3 is 0 Å². The minimum Gasteiger partial charge on any atom is -0.489 e. The second kappa shape index (κ2) is 9.18. The van der Waals surface area contributed by atoms with Gasteiger partial charge in [0.1, 0.15) is 0 Å². The second-order valence-corrected chi connectivity index (χ2v) is 8.55. The fourth-order valence-corrected chi connectivity index (χ4v) is 4.14. The average Bonchev–Trinajstić information content (AvgIpc) is 3.35. The number of ether oxygens (including phenoxy) is 1. The van der Waals surface area contributed by atoms with E-state index in [-0.39, 0.29) is 18.3 Å². The number of nitrogens with zero attached hydrogens (tertiary/aromatic N) is 3. The van der Waals surface area contributed by atoms with Crippen LogP contribution in [0.3, 0.4) is 0 Å². The molecule has 1 aromatic heterocycles. The standard InChI is InChI=1S/C22H30N4O2.ClH/c1-17(2)15-28-19-14-26(18-6-4-3-5-7-18)24-20(19)21(27)25-12-9-22(10-13-25)8-11-23-16-22;/h3-7,14,17,23H,8-13,15-16H2,1-2H3;1H. The highest BCUT2D eigenvalue weighted by Crippen LogP contribution is 2.37. The summed E-state index contributed by atoms with van der Waals surface area (Å²) in [4.78, 5) is 15.2. The monoisotopic (exact) mass is 418 g/mol. The molecule has 1 amide bonds. The second-order valence-electron chi connectivity index (χ2n) is 8.55. The van der Waals surface area contributed by atoms with Gasteiger partial charge in [0.25, 0.3) is 5.91 Å². The molecule has 1 spiro atoms. The van der Waals surface area contributed by atoms with Crippen LogP contribution in [-0.2, 0) is 0 Å². The fourth-order valence-electron chi connectivity index (χ4n) is 4.14.